The van der Waals surface area contributed by atoms with Crippen LogP contribution in [0, 0.1) is 0 Å². The summed E-state index contributed by atoms with van der Waals surface area (Å²) >= 11 is 3.24. The highest BCUT2D eigenvalue weighted by Crippen LogP contribution is 2.18. The molecule has 9 nitrogen and oxygen atoms in total. The van der Waals surface area contributed by atoms with Crippen molar-refractivity contribution in [3.8, 4) is 5.95 Å². The Morgan fingerprint density at radius 3 is 2.60 bits per heavy atom. The molecule has 0 saturated heterocycles. The van der Waals surface area contributed by atoms with Gasteiger partial charge in [-0.25, -0.2) is 9.48 Å². The van der Waals surface area contributed by atoms with Crippen molar-refractivity contribution >= 4 is 32.9 Å². The fourth-order valence-electron chi connectivity index (χ4n) is 1.90. The van der Waals surface area contributed by atoms with Crippen LogP contribution in [0.3, 0.4) is 0 Å². The molecule has 0 bridgehead atoms. The first-order chi connectivity index (χ1) is 9.40. The van der Waals surface area contributed by atoms with Crippen LogP contribution in [0.5, 0.6) is 0 Å². The number of hydrogen-bond acceptors (Lipinski definition) is 5. The first-order valence-corrected chi connectivity index (χ1v) is 6.36. The number of fused-ring (bicyclic) bond motifs is 1. The molecule has 0 amide bonds. The van der Waals surface area contributed by atoms with E-state index in [0.717, 1.165) is 4.57 Å². The smallest absolute Gasteiger partial charge is 0.332 e. The minimum Gasteiger partial charge on any atom is -0.381 e. The zero-order chi connectivity index (χ0) is 14.6. The Labute approximate surface area is 119 Å². The standard InChI is InChI=1S/C10H10BrN7O2/c1-16-7-5(8(19)17(2)10(16)20)13-9(14-7)18-3-4(11)6(12)15-18/h3H,1-2H3,(H2,12,15)(H,13,14). The summed E-state index contributed by atoms with van der Waals surface area (Å²) in [5, 5.41) is 4.04. The predicted octanol–water partition coefficient (Wildman–Crippen LogP) is -0.509. The van der Waals surface area contributed by atoms with Crippen molar-refractivity contribution in [1.82, 2.24) is 28.9 Å². The van der Waals surface area contributed by atoms with E-state index in [9.17, 15) is 9.59 Å². The van der Waals surface area contributed by atoms with Gasteiger partial charge in [0.1, 0.15) is 0 Å². The van der Waals surface area contributed by atoms with Gasteiger partial charge in [0, 0.05) is 14.1 Å². The van der Waals surface area contributed by atoms with Crippen molar-refractivity contribution in [1.29, 1.82) is 0 Å². The highest BCUT2D eigenvalue weighted by molar-refractivity contribution is 9.10. The molecule has 0 atom stereocenters. The van der Waals surface area contributed by atoms with Crippen LogP contribution >= 0.6 is 15.9 Å². The molecule has 0 spiro atoms. The second-order valence-electron chi connectivity index (χ2n) is 4.27. The van der Waals surface area contributed by atoms with Crippen LogP contribution in [0.1, 0.15) is 0 Å². The Morgan fingerprint density at radius 1 is 1.30 bits per heavy atom. The van der Waals surface area contributed by atoms with E-state index in [0.29, 0.717) is 16.2 Å². The number of nitrogen functional groups attached to an aromatic ring is 1. The van der Waals surface area contributed by atoms with Gasteiger partial charge in [-0.05, 0) is 15.9 Å². The molecule has 3 aromatic heterocycles. The molecule has 104 valence electrons. The largest absolute Gasteiger partial charge is 0.381 e. The van der Waals surface area contributed by atoms with Crippen molar-refractivity contribution in [3.05, 3.63) is 31.5 Å². The molecule has 20 heavy (non-hydrogen) atoms. The minimum atomic E-state index is -0.443. The van der Waals surface area contributed by atoms with Gasteiger partial charge in [-0.1, -0.05) is 0 Å². The van der Waals surface area contributed by atoms with Crippen molar-refractivity contribution in [3.63, 3.8) is 0 Å². The number of nitrogens with one attached hydrogen (secondary N) is 1. The first-order valence-electron chi connectivity index (χ1n) is 5.57. The zero-order valence-corrected chi connectivity index (χ0v) is 12.2. The maximum absolute atomic E-state index is 12.0. The molecule has 3 aromatic rings. The van der Waals surface area contributed by atoms with E-state index in [1.165, 1.54) is 16.3 Å². The van der Waals surface area contributed by atoms with Gasteiger partial charge in [-0.2, -0.15) is 4.98 Å². The topological polar surface area (TPSA) is 117 Å². The van der Waals surface area contributed by atoms with Crippen LogP contribution in [-0.2, 0) is 14.1 Å². The first kappa shape index (κ1) is 12.7. The molecular formula is C10H10BrN7O2. The van der Waals surface area contributed by atoms with Gasteiger partial charge in [0.15, 0.2) is 17.0 Å². The van der Waals surface area contributed by atoms with E-state index in [1.54, 1.807) is 13.2 Å². The van der Waals surface area contributed by atoms with Gasteiger partial charge < -0.3 is 10.7 Å². The Hall–Kier alpha value is -2.36. The number of anilines is 1. The molecule has 0 aromatic carbocycles. The Morgan fingerprint density at radius 2 is 2.00 bits per heavy atom. The van der Waals surface area contributed by atoms with E-state index in [4.69, 9.17) is 5.73 Å². The molecule has 10 heteroatoms. The summed E-state index contributed by atoms with van der Waals surface area (Å²) in [5.74, 6) is 0.600. The lowest BCUT2D eigenvalue weighted by Gasteiger charge is -2.00. The van der Waals surface area contributed by atoms with Crippen molar-refractivity contribution < 1.29 is 0 Å². The fourth-order valence-corrected chi connectivity index (χ4v) is 2.17. The molecule has 3 heterocycles. The van der Waals surface area contributed by atoms with Crippen molar-refractivity contribution in [2.45, 2.75) is 0 Å². The zero-order valence-electron chi connectivity index (χ0n) is 10.6. The molecular weight excluding hydrogens is 330 g/mol. The highest BCUT2D eigenvalue weighted by atomic mass is 79.9. The molecule has 0 fully saturated rings. The summed E-state index contributed by atoms with van der Waals surface area (Å²) in [4.78, 5) is 30.9. The number of nitrogens with two attached hydrogens (primary N) is 1. The normalized spacial score (nSPS) is 11.3. The maximum atomic E-state index is 12.0. The van der Waals surface area contributed by atoms with E-state index >= 15 is 0 Å². The molecule has 3 N–H and O–H groups in total. The van der Waals surface area contributed by atoms with Gasteiger partial charge >= 0.3 is 5.69 Å². The molecule has 0 aliphatic heterocycles. The lowest BCUT2D eigenvalue weighted by atomic mass is 10.5. The number of nitrogens with zero attached hydrogens (tertiary/aromatic N) is 5. The summed E-state index contributed by atoms with van der Waals surface area (Å²) in [6, 6.07) is 0. The van der Waals surface area contributed by atoms with Crippen LogP contribution in [-0.4, -0.2) is 28.9 Å². The van der Waals surface area contributed by atoms with Crippen LogP contribution < -0.4 is 17.0 Å². The monoisotopic (exact) mass is 339 g/mol. The number of H-pyrrole nitrogens is 1. The van der Waals surface area contributed by atoms with Crippen LogP contribution in [0.15, 0.2) is 20.3 Å². The van der Waals surface area contributed by atoms with Crippen molar-refractivity contribution in [2.75, 3.05) is 5.73 Å². The molecule has 0 unspecified atom stereocenters. The minimum absolute atomic E-state index is 0.231. The maximum Gasteiger partial charge on any atom is 0.332 e. The number of aromatic nitrogens is 6. The van der Waals surface area contributed by atoms with Gasteiger partial charge in [-0.15, -0.1) is 5.10 Å². The van der Waals surface area contributed by atoms with E-state index in [2.05, 4.69) is 31.0 Å². The third-order valence-electron chi connectivity index (χ3n) is 3.00. The summed E-state index contributed by atoms with van der Waals surface area (Å²) < 4.78 is 4.30. The molecule has 0 saturated carbocycles. The molecule has 0 radical (unpaired) electrons. The van der Waals surface area contributed by atoms with Gasteiger partial charge in [0.2, 0.25) is 5.95 Å². The molecule has 0 aliphatic rings. The Balaban J connectivity index is 2.36. The van der Waals surface area contributed by atoms with Crippen LogP contribution in [0.4, 0.5) is 5.82 Å². The summed E-state index contributed by atoms with van der Waals surface area (Å²) in [6.07, 6.45) is 1.61. The van der Waals surface area contributed by atoms with E-state index < -0.39 is 11.2 Å². The Kier molecular flexibility index (Phi) is 2.57. The number of rotatable bonds is 1. The second kappa shape index (κ2) is 4.07. The van der Waals surface area contributed by atoms with Gasteiger partial charge in [-0.3, -0.25) is 13.9 Å². The molecule has 0 aliphatic carbocycles. The summed E-state index contributed by atoms with van der Waals surface area (Å²) in [7, 11) is 2.95. The summed E-state index contributed by atoms with van der Waals surface area (Å²) in [5.41, 5.74) is 5.25. The SMILES string of the molecule is Cn1c(=O)c2[nH]c(-n3cc(Br)c(N)n3)nc2n(C)c1=O. The van der Waals surface area contributed by atoms with Gasteiger partial charge in [0.05, 0.1) is 10.7 Å². The number of imidazole rings is 1. The van der Waals surface area contributed by atoms with Crippen LogP contribution in [0.2, 0.25) is 0 Å². The third-order valence-corrected chi connectivity index (χ3v) is 3.61. The number of hydrogen-bond donors (Lipinski definition) is 2. The second-order valence-corrected chi connectivity index (χ2v) is 5.13. The number of aromatic amines is 1. The van der Waals surface area contributed by atoms with Gasteiger partial charge in [0.25, 0.3) is 5.56 Å². The fraction of sp³-hybridized carbons (Fsp3) is 0.200. The average Bonchev–Trinajstić information content (AvgIpc) is 2.99. The van der Waals surface area contributed by atoms with E-state index in [1.807, 2.05) is 0 Å². The van der Waals surface area contributed by atoms with Crippen molar-refractivity contribution in [2.24, 2.45) is 14.1 Å². The van der Waals surface area contributed by atoms with Crippen LogP contribution in [0.25, 0.3) is 17.1 Å². The summed E-state index contributed by atoms with van der Waals surface area (Å²) in [6.45, 7) is 0. The third kappa shape index (κ3) is 1.61. The quantitative estimate of drug-likeness (QED) is 0.619. The van der Waals surface area contributed by atoms with E-state index in [-0.39, 0.29) is 11.2 Å². The highest BCUT2D eigenvalue weighted by Gasteiger charge is 2.15. The predicted molar refractivity (Wildman–Crippen MR) is 75.8 cm³/mol. The lowest BCUT2D eigenvalue weighted by Crippen LogP contribution is -2.36. The number of aryl methyl sites for hydroxylation is 1. The lowest BCUT2D eigenvalue weighted by molar-refractivity contribution is 0.708. The average molecular weight is 340 g/mol. The molecule has 3 rings (SSSR count). The number of halogens is 1. The Bertz CT molecular complexity index is 926.